The second-order valence-electron chi connectivity index (χ2n) is 7.41. The van der Waals surface area contributed by atoms with Crippen molar-refractivity contribution in [3.8, 4) is 28.6 Å². The molecule has 0 fully saturated rings. The number of aliphatic hydroxyl groups is 1. The van der Waals surface area contributed by atoms with Crippen molar-refractivity contribution in [1.29, 1.82) is 0 Å². The summed E-state index contributed by atoms with van der Waals surface area (Å²) in [5, 5.41) is 20.0. The van der Waals surface area contributed by atoms with E-state index in [1.807, 2.05) is 47.0 Å². The van der Waals surface area contributed by atoms with E-state index in [4.69, 9.17) is 9.47 Å². The van der Waals surface area contributed by atoms with Gasteiger partial charge in [0.05, 0.1) is 13.2 Å². The number of nitrogens with zero attached hydrogens (tertiary/aromatic N) is 4. The average molecular weight is 477 g/mol. The molecule has 2 aromatic carbocycles. The van der Waals surface area contributed by atoms with Crippen LogP contribution in [0, 0.1) is 0 Å². The Kier molecular flexibility index (Phi) is 7.56. The van der Waals surface area contributed by atoms with Crippen molar-refractivity contribution in [2.45, 2.75) is 18.2 Å². The summed E-state index contributed by atoms with van der Waals surface area (Å²) in [6.07, 6.45) is 2.65. The van der Waals surface area contributed by atoms with Crippen LogP contribution in [0.3, 0.4) is 0 Å². The first-order valence-corrected chi connectivity index (χ1v) is 11.6. The molecule has 1 N–H and O–H groups in total. The standard InChI is InChI=1S/C25H24N4O4S/c1-17(30)19-8-9-22(23(14-19)32-2)33-15-21(31)16-34-25-28-27-24(18-10-12-26-13-11-18)29(25)20-6-4-3-5-7-20/h3-14,21,31H,15-16H2,1-2H3. The lowest BCUT2D eigenvalue weighted by molar-refractivity contribution is 0.101. The molecule has 34 heavy (non-hydrogen) atoms. The van der Waals surface area contributed by atoms with Crippen LogP contribution in [0.1, 0.15) is 17.3 Å². The third kappa shape index (κ3) is 5.44. The van der Waals surface area contributed by atoms with Crippen LogP contribution in [0.4, 0.5) is 0 Å². The molecule has 8 nitrogen and oxygen atoms in total. The maximum absolute atomic E-state index is 11.6. The van der Waals surface area contributed by atoms with Crippen LogP contribution < -0.4 is 9.47 Å². The van der Waals surface area contributed by atoms with E-state index in [-0.39, 0.29) is 12.4 Å². The van der Waals surface area contributed by atoms with Crippen LogP contribution in [0.5, 0.6) is 11.5 Å². The van der Waals surface area contributed by atoms with Crippen molar-refractivity contribution in [3.05, 3.63) is 78.6 Å². The zero-order valence-electron chi connectivity index (χ0n) is 18.8. The molecule has 0 radical (unpaired) electrons. The number of ether oxygens (including phenoxy) is 2. The normalized spacial score (nSPS) is 11.7. The van der Waals surface area contributed by atoms with Gasteiger partial charge in [0.15, 0.2) is 28.3 Å². The first kappa shape index (κ1) is 23.5. The Hall–Kier alpha value is -3.69. The Morgan fingerprint density at radius 2 is 1.82 bits per heavy atom. The predicted molar refractivity (Wildman–Crippen MR) is 130 cm³/mol. The highest BCUT2D eigenvalue weighted by Gasteiger charge is 2.18. The smallest absolute Gasteiger partial charge is 0.196 e. The highest BCUT2D eigenvalue weighted by Crippen LogP contribution is 2.30. The number of para-hydroxylation sites is 1. The van der Waals surface area contributed by atoms with Gasteiger partial charge in [-0.2, -0.15) is 0 Å². The van der Waals surface area contributed by atoms with Gasteiger partial charge in [0.2, 0.25) is 0 Å². The second-order valence-corrected chi connectivity index (χ2v) is 8.40. The number of carbonyl (C=O) groups is 1. The Bertz CT molecular complexity index is 1250. The van der Waals surface area contributed by atoms with Crippen molar-refractivity contribution in [2.24, 2.45) is 0 Å². The zero-order valence-corrected chi connectivity index (χ0v) is 19.6. The van der Waals surface area contributed by atoms with Gasteiger partial charge in [0, 0.05) is 35.0 Å². The lowest BCUT2D eigenvalue weighted by Gasteiger charge is -2.15. The van der Waals surface area contributed by atoms with Gasteiger partial charge in [-0.1, -0.05) is 30.0 Å². The summed E-state index contributed by atoms with van der Waals surface area (Å²) >= 11 is 1.38. The summed E-state index contributed by atoms with van der Waals surface area (Å²) in [5.74, 6) is 1.88. The lowest BCUT2D eigenvalue weighted by atomic mass is 10.1. The van der Waals surface area contributed by atoms with E-state index in [9.17, 15) is 9.90 Å². The first-order valence-electron chi connectivity index (χ1n) is 10.6. The monoisotopic (exact) mass is 476 g/mol. The zero-order chi connectivity index (χ0) is 23.9. The fourth-order valence-electron chi connectivity index (χ4n) is 3.27. The van der Waals surface area contributed by atoms with Crippen LogP contribution in [0.15, 0.2) is 78.2 Å². The number of benzene rings is 2. The third-order valence-corrected chi connectivity index (χ3v) is 6.07. The summed E-state index contributed by atoms with van der Waals surface area (Å²) in [6.45, 7) is 1.55. The van der Waals surface area contributed by atoms with Crippen molar-refractivity contribution < 1.29 is 19.4 Å². The van der Waals surface area contributed by atoms with Gasteiger partial charge in [-0.15, -0.1) is 10.2 Å². The fourth-order valence-corrected chi connectivity index (χ4v) is 4.13. The van der Waals surface area contributed by atoms with Crippen LogP contribution in [0.25, 0.3) is 17.1 Å². The minimum atomic E-state index is -0.771. The molecule has 4 aromatic rings. The molecule has 0 aliphatic rings. The molecule has 4 rings (SSSR count). The number of thioether (sulfide) groups is 1. The molecule has 2 aromatic heterocycles. The minimum absolute atomic E-state index is 0.0550. The molecule has 0 aliphatic carbocycles. The van der Waals surface area contributed by atoms with Gasteiger partial charge < -0.3 is 14.6 Å². The Labute approximate surface area is 201 Å². The van der Waals surface area contributed by atoms with E-state index in [2.05, 4.69) is 15.2 Å². The number of ketones is 1. The van der Waals surface area contributed by atoms with Crippen molar-refractivity contribution in [2.75, 3.05) is 19.5 Å². The molecular weight excluding hydrogens is 452 g/mol. The summed E-state index contributed by atoms with van der Waals surface area (Å²) in [5.41, 5.74) is 2.34. The molecule has 0 aliphatic heterocycles. The predicted octanol–water partition coefficient (Wildman–Crippen LogP) is 4.07. The summed E-state index contributed by atoms with van der Waals surface area (Å²) in [6, 6.07) is 18.5. The summed E-state index contributed by atoms with van der Waals surface area (Å²) in [7, 11) is 1.51. The van der Waals surface area contributed by atoms with E-state index >= 15 is 0 Å². The number of pyridine rings is 1. The highest BCUT2D eigenvalue weighted by atomic mass is 32.2. The van der Waals surface area contributed by atoms with Gasteiger partial charge in [-0.05, 0) is 49.4 Å². The number of Topliss-reactive ketones (excluding diaryl/α,β-unsaturated/α-hetero) is 1. The van der Waals surface area contributed by atoms with Gasteiger partial charge >= 0.3 is 0 Å². The largest absolute Gasteiger partial charge is 0.493 e. The number of hydrogen-bond donors (Lipinski definition) is 1. The molecule has 0 amide bonds. The molecular formula is C25H24N4O4S. The first-order chi connectivity index (χ1) is 16.6. The van der Waals surface area contributed by atoms with E-state index in [1.165, 1.54) is 25.8 Å². The molecule has 0 saturated carbocycles. The number of hydrogen-bond acceptors (Lipinski definition) is 8. The Morgan fingerprint density at radius 1 is 1.06 bits per heavy atom. The van der Waals surface area contributed by atoms with Crippen LogP contribution in [0.2, 0.25) is 0 Å². The molecule has 2 heterocycles. The number of methoxy groups -OCH3 is 1. The summed E-state index contributed by atoms with van der Waals surface area (Å²) < 4.78 is 13.0. The molecule has 9 heteroatoms. The van der Waals surface area contributed by atoms with E-state index in [1.54, 1.807) is 30.6 Å². The van der Waals surface area contributed by atoms with Crippen LogP contribution in [-0.2, 0) is 0 Å². The number of rotatable bonds is 10. The van der Waals surface area contributed by atoms with Crippen molar-refractivity contribution in [1.82, 2.24) is 19.7 Å². The van der Waals surface area contributed by atoms with Crippen LogP contribution in [-0.4, -0.2) is 56.2 Å². The number of carbonyl (C=O) groups excluding carboxylic acids is 1. The molecule has 0 saturated heterocycles. The minimum Gasteiger partial charge on any atom is -0.493 e. The topological polar surface area (TPSA) is 99.4 Å². The molecule has 0 spiro atoms. The van der Waals surface area contributed by atoms with Gasteiger partial charge in [-0.3, -0.25) is 14.3 Å². The number of aliphatic hydroxyl groups excluding tert-OH is 1. The van der Waals surface area contributed by atoms with Gasteiger partial charge in [-0.25, -0.2) is 0 Å². The Morgan fingerprint density at radius 3 is 2.53 bits per heavy atom. The van der Waals surface area contributed by atoms with Crippen LogP contribution >= 0.6 is 11.8 Å². The lowest BCUT2D eigenvalue weighted by Crippen LogP contribution is -2.20. The fraction of sp³-hybridized carbons (Fsp3) is 0.200. The van der Waals surface area contributed by atoms with E-state index in [0.717, 1.165) is 11.3 Å². The maximum atomic E-state index is 11.6. The average Bonchev–Trinajstić information content (AvgIpc) is 3.31. The number of aromatic nitrogens is 4. The van der Waals surface area contributed by atoms with Crippen molar-refractivity contribution in [3.63, 3.8) is 0 Å². The van der Waals surface area contributed by atoms with Crippen molar-refractivity contribution >= 4 is 17.5 Å². The molecule has 174 valence electrons. The second kappa shape index (κ2) is 11.0. The molecule has 0 bridgehead atoms. The van der Waals surface area contributed by atoms with Gasteiger partial charge in [0.25, 0.3) is 0 Å². The third-order valence-electron chi connectivity index (χ3n) is 4.99. The Balaban J connectivity index is 1.47. The molecule has 1 atom stereocenters. The summed E-state index contributed by atoms with van der Waals surface area (Å²) in [4.78, 5) is 15.7. The van der Waals surface area contributed by atoms with E-state index < -0.39 is 6.10 Å². The highest BCUT2D eigenvalue weighted by molar-refractivity contribution is 7.99. The maximum Gasteiger partial charge on any atom is 0.196 e. The SMILES string of the molecule is COc1cc(C(C)=O)ccc1OCC(O)CSc1nnc(-c2ccncc2)n1-c1ccccc1. The molecule has 1 unspecified atom stereocenters. The quantitative estimate of drug-likeness (QED) is 0.270. The van der Waals surface area contributed by atoms with E-state index in [0.29, 0.717) is 33.8 Å². The van der Waals surface area contributed by atoms with Gasteiger partial charge in [0.1, 0.15) is 6.61 Å².